The Balaban J connectivity index is 1.17. The molecule has 42 heavy (non-hydrogen) atoms. The molecule has 0 radical (unpaired) electrons. The zero-order valence-corrected chi connectivity index (χ0v) is 22.9. The molecule has 8 nitrogen and oxygen atoms in total. The quantitative estimate of drug-likeness (QED) is 0.268. The number of carbonyl (C=O) groups is 2. The third-order valence-electron chi connectivity index (χ3n) is 8.34. The van der Waals surface area contributed by atoms with Crippen LogP contribution in [0, 0.1) is 17.6 Å². The standard InChI is InChI=1S/C32H31F2N3O5/c33-25-17-26-29(36-32(35-26)42-24-11-9-22(10-12-24)31(40)41)28(34)27(25)20-5-1-18(2-6-20)19-3-7-21(8-4-19)30(39)37-15-13-23(38)14-16-37/h1-8,17,22-24,38H,9-16H2,(H,35,36)(H,40,41). The molecule has 2 fully saturated rings. The van der Waals surface area contributed by atoms with E-state index in [1.54, 1.807) is 41.3 Å². The number of piperidine rings is 1. The van der Waals surface area contributed by atoms with Gasteiger partial charge in [-0.25, -0.2) is 8.78 Å². The second-order valence-corrected chi connectivity index (χ2v) is 11.1. The molecule has 3 aromatic carbocycles. The van der Waals surface area contributed by atoms with E-state index in [1.165, 1.54) is 6.07 Å². The average Bonchev–Trinajstić information content (AvgIpc) is 3.40. The van der Waals surface area contributed by atoms with Gasteiger partial charge in [0.05, 0.1) is 23.1 Å². The van der Waals surface area contributed by atoms with Crippen LogP contribution in [0.1, 0.15) is 48.9 Å². The number of aliphatic carboxylic acids is 1. The molecule has 6 rings (SSSR count). The number of amides is 1. The van der Waals surface area contributed by atoms with E-state index < -0.39 is 17.6 Å². The maximum absolute atomic E-state index is 15.6. The molecule has 1 saturated heterocycles. The Kier molecular flexibility index (Phi) is 7.64. The fourth-order valence-electron chi connectivity index (χ4n) is 5.85. The Hall–Kier alpha value is -4.31. The number of aliphatic hydroxyl groups is 1. The molecule has 0 spiro atoms. The molecular formula is C32H31F2N3O5. The van der Waals surface area contributed by atoms with Crippen LogP contribution in [0.25, 0.3) is 33.3 Å². The molecule has 1 aliphatic heterocycles. The number of carboxylic acid groups (broad SMARTS) is 1. The van der Waals surface area contributed by atoms with Gasteiger partial charge in [-0.2, -0.15) is 4.98 Å². The van der Waals surface area contributed by atoms with E-state index in [0.717, 1.165) is 11.1 Å². The van der Waals surface area contributed by atoms with Crippen molar-refractivity contribution in [1.82, 2.24) is 14.9 Å². The summed E-state index contributed by atoms with van der Waals surface area (Å²) in [6, 6.07) is 15.3. The molecule has 10 heteroatoms. The Bertz CT molecular complexity index is 1600. The van der Waals surface area contributed by atoms with Gasteiger partial charge in [-0.1, -0.05) is 36.4 Å². The largest absolute Gasteiger partial charge is 0.481 e. The van der Waals surface area contributed by atoms with Crippen molar-refractivity contribution < 1.29 is 33.3 Å². The van der Waals surface area contributed by atoms with Gasteiger partial charge < -0.3 is 24.8 Å². The third kappa shape index (κ3) is 5.59. The number of nitrogens with one attached hydrogen (secondary N) is 1. The number of carboxylic acids is 1. The van der Waals surface area contributed by atoms with E-state index in [0.29, 0.717) is 62.7 Å². The minimum absolute atomic E-state index is 0.0341. The summed E-state index contributed by atoms with van der Waals surface area (Å²) < 4.78 is 36.6. The number of aromatic amines is 1. The first kappa shape index (κ1) is 27.8. The lowest BCUT2D eigenvalue weighted by Crippen LogP contribution is -2.40. The fourth-order valence-corrected chi connectivity index (χ4v) is 5.85. The van der Waals surface area contributed by atoms with E-state index in [-0.39, 0.29) is 46.6 Å². The Morgan fingerprint density at radius 2 is 1.48 bits per heavy atom. The molecule has 218 valence electrons. The second kappa shape index (κ2) is 11.5. The van der Waals surface area contributed by atoms with Crippen LogP contribution >= 0.6 is 0 Å². The van der Waals surface area contributed by atoms with Gasteiger partial charge in [0.15, 0.2) is 5.82 Å². The number of benzene rings is 3. The van der Waals surface area contributed by atoms with Crippen LogP contribution < -0.4 is 4.74 Å². The molecule has 2 aliphatic rings. The first-order valence-corrected chi connectivity index (χ1v) is 14.2. The Labute approximate surface area is 241 Å². The first-order chi connectivity index (χ1) is 20.3. The number of fused-ring (bicyclic) bond motifs is 1. The van der Waals surface area contributed by atoms with Crippen molar-refractivity contribution in [3.63, 3.8) is 0 Å². The minimum atomic E-state index is -0.809. The normalized spacial score (nSPS) is 19.6. The highest BCUT2D eigenvalue weighted by Gasteiger charge is 2.28. The lowest BCUT2D eigenvalue weighted by atomic mass is 9.87. The van der Waals surface area contributed by atoms with Crippen LogP contribution in [-0.4, -0.2) is 62.3 Å². The number of rotatable bonds is 6. The van der Waals surface area contributed by atoms with Crippen molar-refractivity contribution in [2.24, 2.45) is 5.92 Å². The molecule has 1 amide bonds. The lowest BCUT2D eigenvalue weighted by molar-refractivity contribution is -0.143. The summed E-state index contributed by atoms with van der Waals surface area (Å²) in [4.78, 5) is 32.8. The number of hydrogen-bond acceptors (Lipinski definition) is 5. The van der Waals surface area contributed by atoms with Gasteiger partial charge >= 0.3 is 5.97 Å². The molecule has 1 aromatic heterocycles. The van der Waals surface area contributed by atoms with Crippen LogP contribution in [0.2, 0.25) is 0 Å². The lowest BCUT2D eigenvalue weighted by Gasteiger charge is -2.29. The average molecular weight is 576 g/mol. The number of carbonyl (C=O) groups excluding carboxylic acids is 1. The number of likely N-dealkylation sites (tertiary alicyclic amines) is 1. The smallest absolute Gasteiger partial charge is 0.306 e. The van der Waals surface area contributed by atoms with Gasteiger partial charge in [-0.3, -0.25) is 9.59 Å². The van der Waals surface area contributed by atoms with Crippen molar-refractivity contribution in [2.45, 2.75) is 50.7 Å². The minimum Gasteiger partial charge on any atom is -0.481 e. The van der Waals surface area contributed by atoms with Gasteiger partial charge in [0.2, 0.25) is 0 Å². The molecule has 1 saturated carbocycles. The van der Waals surface area contributed by atoms with E-state index in [9.17, 15) is 19.8 Å². The molecule has 0 bridgehead atoms. The highest BCUT2D eigenvalue weighted by Crippen LogP contribution is 2.34. The predicted molar refractivity (Wildman–Crippen MR) is 152 cm³/mol. The number of hydrogen-bond donors (Lipinski definition) is 3. The monoisotopic (exact) mass is 575 g/mol. The van der Waals surface area contributed by atoms with Gasteiger partial charge in [0.1, 0.15) is 17.4 Å². The Morgan fingerprint density at radius 3 is 2.10 bits per heavy atom. The highest BCUT2D eigenvalue weighted by atomic mass is 19.1. The Morgan fingerprint density at radius 1 is 0.881 bits per heavy atom. The number of H-pyrrole nitrogens is 1. The molecule has 3 N–H and O–H groups in total. The summed E-state index contributed by atoms with van der Waals surface area (Å²) in [6.07, 6.45) is 2.65. The number of halogens is 2. The summed E-state index contributed by atoms with van der Waals surface area (Å²) in [7, 11) is 0. The summed E-state index contributed by atoms with van der Waals surface area (Å²) in [5.74, 6) is -2.80. The van der Waals surface area contributed by atoms with Gasteiger partial charge in [-0.15, -0.1) is 0 Å². The van der Waals surface area contributed by atoms with Crippen molar-refractivity contribution in [1.29, 1.82) is 0 Å². The zero-order chi connectivity index (χ0) is 29.4. The number of ether oxygens (including phenoxy) is 1. The summed E-state index contributed by atoms with van der Waals surface area (Å²) >= 11 is 0. The van der Waals surface area contributed by atoms with Crippen molar-refractivity contribution in [3.05, 3.63) is 71.8 Å². The number of aromatic nitrogens is 2. The zero-order valence-electron chi connectivity index (χ0n) is 22.9. The molecule has 1 aliphatic carbocycles. The van der Waals surface area contributed by atoms with Crippen molar-refractivity contribution in [3.8, 4) is 28.3 Å². The van der Waals surface area contributed by atoms with Gasteiger partial charge in [-0.05, 0) is 67.3 Å². The predicted octanol–water partition coefficient (Wildman–Crippen LogP) is 5.79. The van der Waals surface area contributed by atoms with Crippen LogP contribution in [0.3, 0.4) is 0 Å². The fraction of sp³-hybridized carbons (Fsp3) is 0.344. The van der Waals surface area contributed by atoms with Crippen LogP contribution in [-0.2, 0) is 4.79 Å². The SMILES string of the molecule is O=C(O)C1CCC(Oc2nc3c(F)c(-c4ccc(-c5ccc(C(=O)N6CCC(O)CC6)cc5)cc4)c(F)cc3[nH]2)CC1. The van der Waals surface area contributed by atoms with E-state index >= 15 is 8.78 Å². The maximum atomic E-state index is 15.6. The van der Waals surface area contributed by atoms with Crippen molar-refractivity contribution in [2.75, 3.05) is 13.1 Å². The molecule has 0 unspecified atom stereocenters. The topological polar surface area (TPSA) is 116 Å². The molecular weight excluding hydrogens is 544 g/mol. The second-order valence-electron chi connectivity index (χ2n) is 11.1. The van der Waals surface area contributed by atoms with Gasteiger partial charge in [0, 0.05) is 24.7 Å². The third-order valence-corrected chi connectivity index (χ3v) is 8.34. The molecule has 0 atom stereocenters. The van der Waals surface area contributed by atoms with Crippen molar-refractivity contribution >= 4 is 22.9 Å². The van der Waals surface area contributed by atoms with E-state index in [1.807, 2.05) is 12.1 Å². The maximum Gasteiger partial charge on any atom is 0.306 e. The first-order valence-electron chi connectivity index (χ1n) is 14.2. The number of imidazole rings is 1. The van der Waals surface area contributed by atoms with Crippen LogP contribution in [0.15, 0.2) is 54.6 Å². The molecule has 4 aromatic rings. The summed E-state index contributed by atoms with van der Waals surface area (Å²) in [5, 5.41) is 18.9. The number of nitrogens with zero attached hydrogens (tertiary/aromatic N) is 2. The van der Waals surface area contributed by atoms with E-state index in [2.05, 4.69) is 9.97 Å². The summed E-state index contributed by atoms with van der Waals surface area (Å²) in [6.45, 7) is 1.06. The van der Waals surface area contributed by atoms with Gasteiger partial charge in [0.25, 0.3) is 11.9 Å². The summed E-state index contributed by atoms with van der Waals surface area (Å²) in [5.41, 5.74) is 2.56. The molecule has 2 heterocycles. The van der Waals surface area contributed by atoms with Crippen LogP contribution in [0.4, 0.5) is 8.78 Å². The van der Waals surface area contributed by atoms with Crippen LogP contribution in [0.5, 0.6) is 6.01 Å². The van der Waals surface area contributed by atoms with E-state index in [4.69, 9.17) is 4.74 Å². The highest BCUT2D eigenvalue weighted by molar-refractivity contribution is 5.95. The number of aliphatic hydroxyl groups excluding tert-OH is 1.